The highest BCUT2D eigenvalue weighted by atomic mass is 16.3. The molecule has 4 rings (SSSR count). The van der Waals surface area contributed by atoms with Crippen LogP contribution in [-0.4, -0.2) is 16.5 Å². The zero-order valence-corrected chi connectivity index (χ0v) is 18.0. The molecule has 3 saturated carbocycles. The monoisotopic (exact) mass is 372 g/mol. The van der Waals surface area contributed by atoms with Crippen LogP contribution in [-0.2, 0) is 4.79 Å². The van der Waals surface area contributed by atoms with E-state index in [1.54, 1.807) is 0 Å². The number of hydrogen-bond acceptors (Lipinski definition) is 2. The Morgan fingerprint density at radius 3 is 2.67 bits per heavy atom. The summed E-state index contributed by atoms with van der Waals surface area (Å²) in [5.74, 6) is 5.28. The lowest BCUT2D eigenvalue weighted by Gasteiger charge is -2.54. The molecule has 2 nitrogen and oxygen atoms in total. The fraction of sp³-hybridized carbons (Fsp3) is 0.880. The Bertz CT molecular complexity index is 612. The Morgan fingerprint density at radius 1 is 1.15 bits per heavy atom. The zero-order valence-electron chi connectivity index (χ0n) is 18.0. The van der Waals surface area contributed by atoms with Crippen LogP contribution in [0.2, 0.25) is 0 Å². The van der Waals surface area contributed by atoms with Crippen molar-refractivity contribution in [2.75, 3.05) is 0 Å². The topological polar surface area (TPSA) is 37.3 Å². The lowest BCUT2D eigenvalue weighted by atomic mass is 9.50. The highest BCUT2D eigenvalue weighted by Gasteiger charge is 2.56. The predicted molar refractivity (Wildman–Crippen MR) is 110 cm³/mol. The number of carbonyl (C=O) groups is 1. The molecule has 0 bridgehead atoms. The maximum Gasteiger partial charge on any atom is 0.155 e. The van der Waals surface area contributed by atoms with Crippen LogP contribution in [0.1, 0.15) is 91.9 Å². The second kappa shape index (κ2) is 7.01. The maximum atomic E-state index is 11.9. The maximum absolute atomic E-state index is 11.9. The summed E-state index contributed by atoms with van der Waals surface area (Å²) in [6.45, 7) is 8.96. The average molecular weight is 373 g/mol. The molecule has 4 unspecified atom stereocenters. The Labute approximate surface area is 166 Å². The molecule has 0 aromatic carbocycles. The molecule has 152 valence electrons. The van der Waals surface area contributed by atoms with E-state index in [1.165, 1.54) is 44.1 Å². The van der Waals surface area contributed by atoms with Gasteiger partial charge in [-0.05, 0) is 119 Å². The number of rotatable bonds is 4. The van der Waals surface area contributed by atoms with Gasteiger partial charge in [-0.3, -0.25) is 4.79 Å². The first-order valence-corrected chi connectivity index (χ1v) is 11.6. The van der Waals surface area contributed by atoms with Crippen LogP contribution < -0.4 is 0 Å². The summed E-state index contributed by atoms with van der Waals surface area (Å²) < 4.78 is 0. The third-order valence-electron chi connectivity index (χ3n) is 9.27. The van der Waals surface area contributed by atoms with Crippen LogP contribution in [0, 0.1) is 40.9 Å². The van der Waals surface area contributed by atoms with Crippen molar-refractivity contribution >= 4 is 5.78 Å². The second-order valence-electron chi connectivity index (χ2n) is 11.4. The van der Waals surface area contributed by atoms with Crippen molar-refractivity contribution in [3.8, 4) is 0 Å². The Kier molecular flexibility index (Phi) is 5.11. The lowest BCUT2D eigenvalue weighted by molar-refractivity contribution is -0.116. The second-order valence-corrected chi connectivity index (χ2v) is 11.4. The summed E-state index contributed by atoms with van der Waals surface area (Å²) in [4.78, 5) is 11.9. The number of fused-ring (bicyclic) bond motifs is 5. The van der Waals surface area contributed by atoms with Crippen molar-refractivity contribution in [3.05, 3.63) is 11.6 Å². The van der Waals surface area contributed by atoms with Gasteiger partial charge in [-0.25, -0.2) is 0 Å². The van der Waals surface area contributed by atoms with E-state index < -0.39 is 5.60 Å². The van der Waals surface area contributed by atoms with Crippen LogP contribution >= 0.6 is 0 Å². The Balaban J connectivity index is 1.48. The minimum absolute atomic E-state index is 0.377. The van der Waals surface area contributed by atoms with Crippen LogP contribution in [0.5, 0.6) is 0 Å². The van der Waals surface area contributed by atoms with Crippen molar-refractivity contribution in [1.29, 1.82) is 0 Å². The number of ketones is 1. The van der Waals surface area contributed by atoms with E-state index in [2.05, 4.69) is 13.8 Å². The Hall–Kier alpha value is -0.630. The number of carbonyl (C=O) groups excluding carboxylic acids is 1. The van der Waals surface area contributed by atoms with Crippen LogP contribution in [0.4, 0.5) is 0 Å². The third-order valence-corrected chi connectivity index (χ3v) is 9.27. The van der Waals surface area contributed by atoms with Crippen molar-refractivity contribution in [3.63, 3.8) is 0 Å². The fourth-order valence-corrected chi connectivity index (χ4v) is 7.94. The van der Waals surface area contributed by atoms with Crippen molar-refractivity contribution < 1.29 is 9.90 Å². The van der Waals surface area contributed by atoms with Gasteiger partial charge in [-0.15, -0.1) is 0 Å². The summed E-state index contributed by atoms with van der Waals surface area (Å²) in [5.41, 5.74) is 1.48. The molecule has 2 heteroatoms. The first-order chi connectivity index (χ1) is 12.7. The van der Waals surface area contributed by atoms with E-state index in [4.69, 9.17) is 0 Å². The molecule has 0 spiro atoms. The smallest absolute Gasteiger partial charge is 0.155 e. The van der Waals surface area contributed by atoms with E-state index in [0.29, 0.717) is 17.1 Å². The van der Waals surface area contributed by atoms with Gasteiger partial charge in [0.05, 0.1) is 5.60 Å². The van der Waals surface area contributed by atoms with Gasteiger partial charge in [0.1, 0.15) is 0 Å². The molecule has 4 aliphatic rings. The van der Waals surface area contributed by atoms with Crippen molar-refractivity contribution in [1.82, 2.24) is 0 Å². The molecule has 0 aromatic heterocycles. The normalized spacial score (nSPS) is 42.8. The van der Waals surface area contributed by atoms with Crippen LogP contribution in [0.15, 0.2) is 11.6 Å². The molecule has 0 aromatic rings. The first-order valence-electron chi connectivity index (χ1n) is 11.6. The first kappa shape index (κ1) is 19.7. The molecule has 1 N–H and O–H groups in total. The standard InChI is InChI=1S/C25H40O2/c1-16(11-13-24(2,3)27)22-9-10-23-21-7-5-17-15-18(26)6-8-19(17)20(21)12-14-25(22,23)4/h15-16,19-23,27H,5-14H2,1-4H3/t16-,19?,20?,21?,22-,23?,25-/m1/s1. The highest BCUT2D eigenvalue weighted by molar-refractivity contribution is 5.91. The Morgan fingerprint density at radius 2 is 1.93 bits per heavy atom. The molecule has 0 aliphatic heterocycles. The van der Waals surface area contributed by atoms with Crippen LogP contribution in [0.25, 0.3) is 0 Å². The zero-order chi connectivity index (χ0) is 19.4. The molecule has 27 heavy (non-hydrogen) atoms. The van der Waals surface area contributed by atoms with Gasteiger partial charge in [0, 0.05) is 6.42 Å². The summed E-state index contributed by atoms with van der Waals surface area (Å²) in [5, 5.41) is 10.2. The van der Waals surface area contributed by atoms with E-state index in [1.807, 2.05) is 19.9 Å². The molecule has 0 heterocycles. The van der Waals surface area contributed by atoms with Crippen LogP contribution in [0.3, 0.4) is 0 Å². The van der Waals surface area contributed by atoms with Crippen molar-refractivity contribution in [2.24, 2.45) is 40.9 Å². The number of hydrogen-bond donors (Lipinski definition) is 1. The minimum atomic E-state index is -0.532. The SMILES string of the molecule is C[C@H](CCC(C)(C)O)[C@H]1CCC2C3CCC4=CC(=O)CCC4C3CC[C@@]21C. The van der Waals surface area contributed by atoms with E-state index in [0.717, 1.165) is 55.3 Å². The van der Waals surface area contributed by atoms with Gasteiger partial charge in [-0.2, -0.15) is 0 Å². The van der Waals surface area contributed by atoms with Gasteiger partial charge >= 0.3 is 0 Å². The number of allylic oxidation sites excluding steroid dienone is 1. The number of aliphatic hydroxyl groups is 1. The van der Waals surface area contributed by atoms with E-state index >= 15 is 0 Å². The minimum Gasteiger partial charge on any atom is -0.390 e. The van der Waals surface area contributed by atoms with Gasteiger partial charge in [0.2, 0.25) is 0 Å². The summed E-state index contributed by atoms with van der Waals surface area (Å²) >= 11 is 0. The van der Waals surface area contributed by atoms with Gasteiger partial charge < -0.3 is 5.11 Å². The van der Waals surface area contributed by atoms with Crippen molar-refractivity contribution in [2.45, 2.75) is 97.5 Å². The van der Waals surface area contributed by atoms with Gasteiger partial charge in [0.15, 0.2) is 5.78 Å². The summed E-state index contributed by atoms with van der Waals surface area (Å²) in [6.07, 6.45) is 14.1. The molecular weight excluding hydrogens is 332 g/mol. The molecule has 4 aliphatic carbocycles. The van der Waals surface area contributed by atoms with Gasteiger partial charge in [-0.1, -0.05) is 19.4 Å². The lowest BCUT2D eigenvalue weighted by Crippen LogP contribution is -2.47. The summed E-state index contributed by atoms with van der Waals surface area (Å²) in [7, 11) is 0. The van der Waals surface area contributed by atoms with E-state index in [9.17, 15) is 9.90 Å². The molecule has 0 saturated heterocycles. The largest absolute Gasteiger partial charge is 0.390 e. The molecule has 0 amide bonds. The fourth-order valence-electron chi connectivity index (χ4n) is 7.94. The molecule has 0 radical (unpaired) electrons. The van der Waals surface area contributed by atoms with Gasteiger partial charge in [0.25, 0.3) is 0 Å². The van der Waals surface area contributed by atoms with E-state index in [-0.39, 0.29) is 0 Å². The molecule has 7 atom stereocenters. The molecular formula is C25H40O2. The quantitative estimate of drug-likeness (QED) is 0.664. The highest BCUT2D eigenvalue weighted by Crippen LogP contribution is 2.65. The summed E-state index contributed by atoms with van der Waals surface area (Å²) in [6, 6.07) is 0. The average Bonchev–Trinajstić information content (AvgIpc) is 2.96. The third kappa shape index (κ3) is 3.56. The molecule has 3 fully saturated rings. The predicted octanol–water partition coefficient (Wildman–Crippen LogP) is 5.93.